The third-order valence-corrected chi connectivity index (χ3v) is 2.05. The minimum absolute atomic E-state index is 0. The molecule has 0 bridgehead atoms. The Bertz CT molecular complexity index is 282. The van der Waals surface area contributed by atoms with Crippen molar-refractivity contribution in [2.45, 2.75) is 19.9 Å². The molecule has 1 aromatic carbocycles. The highest BCUT2D eigenvalue weighted by molar-refractivity contribution is 5.85. The molecule has 0 aliphatic carbocycles. The first-order valence-electron chi connectivity index (χ1n) is 4.23. The quantitative estimate of drug-likeness (QED) is 0.816. The van der Waals surface area contributed by atoms with Gasteiger partial charge in [0.2, 0.25) is 0 Å². The van der Waals surface area contributed by atoms with Gasteiger partial charge >= 0.3 is 0 Å². The summed E-state index contributed by atoms with van der Waals surface area (Å²) in [6, 6.07) is 3.20. The minimum atomic E-state index is -0.582. The SMILES string of the molecule is CC(C)C(N)c1c(F)cccc1F.Cl. The van der Waals surface area contributed by atoms with Gasteiger partial charge in [0.15, 0.2) is 0 Å². The van der Waals surface area contributed by atoms with Crippen molar-refractivity contribution in [1.29, 1.82) is 0 Å². The average molecular weight is 222 g/mol. The summed E-state index contributed by atoms with van der Waals surface area (Å²) in [5, 5.41) is 0. The normalized spacial score (nSPS) is 12.4. The lowest BCUT2D eigenvalue weighted by Gasteiger charge is -2.17. The van der Waals surface area contributed by atoms with Crippen LogP contribution in [0.1, 0.15) is 25.5 Å². The van der Waals surface area contributed by atoms with Crippen LogP contribution in [0.25, 0.3) is 0 Å². The summed E-state index contributed by atoms with van der Waals surface area (Å²) in [7, 11) is 0. The van der Waals surface area contributed by atoms with Crippen LogP contribution in [0, 0.1) is 17.6 Å². The van der Waals surface area contributed by atoms with Crippen molar-refractivity contribution in [3.05, 3.63) is 35.4 Å². The first-order chi connectivity index (χ1) is 6.04. The average Bonchev–Trinajstić information content (AvgIpc) is 2.03. The molecular formula is C10H14ClF2N. The van der Waals surface area contributed by atoms with Gasteiger partial charge in [0.05, 0.1) is 0 Å². The summed E-state index contributed by atoms with van der Waals surface area (Å²) in [5.41, 5.74) is 5.64. The van der Waals surface area contributed by atoms with E-state index in [1.165, 1.54) is 18.2 Å². The second-order valence-electron chi connectivity index (χ2n) is 3.41. The van der Waals surface area contributed by atoms with Crippen LogP contribution in [-0.4, -0.2) is 0 Å². The summed E-state index contributed by atoms with van der Waals surface area (Å²) in [5.74, 6) is -1.12. The van der Waals surface area contributed by atoms with Crippen LogP contribution in [0.2, 0.25) is 0 Å². The molecule has 0 spiro atoms. The first-order valence-corrected chi connectivity index (χ1v) is 4.23. The Morgan fingerprint density at radius 2 is 1.57 bits per heavy atom. The minimum Gasteiger partial charge on any atom is -0.324 e. The second-order valence-corrected chi connectivity index (χ2v) is 3.41. The van der Waals surface area contributed by atoms with Gasteiger partial charge in [-0.2, -0.15) is 0 Å². The van der Waals surface area contributed by atoms with E-state index in [2.05, 4.69) is 0 Å². The lowest BCUT2D eigenvalue weighted by molar-refractivity contribution is 0.454. The number of halogens is 3. The van der Waals surface area contributed by atoms with Gasteiger partial charge in [0.25, 0.3) is 0 Å². The third-order valence-electron chi connectivity index (χ3n) is 2.05. The standard InChI is InChI=1S/C10H13F2N.ClH/c1-6(2)10(13)9-7(11)4-3-5-8(9)12;/h3-6,10H,13H2,1-2H3;1H. The van der Waals surface area contributed by atoms with E-state index in [4.69, 9.17) is 5.73 Å². The molecule has 14 heavy (non-hydrogen) atoms. The highest BCUT2D eigenvalue weighted by atomic mass is 35.5. The van der Waals surface area contributed by atoms with Crippen LogP contribution < -0.4 is 5.73 Å². The fraction of sp³-hybridized carbons (Fsp3) is 0.400. The van der Waals surface area contributed by atoms with Gasteiger partial charge in [-0.15, -0.1) is 12.4 Å². The van der Waals surface area contributed by atoms with E-state index in [0.29, 0.717) is 0 Å². The van der Waals surface area contributed by atoms with Gasteiger partial charge in [-0.3, -0.25) is 0 Å². The molecule has 0 saturated carbocycles. The van der Waals surface area contributed by atoms with Crippen LogP contribution in [0.4, 0.5) is 8.78 Å². The Hall–Kier alpha value is -0.670. The Kier molecular flexibility index (Phi) is 5.02. The lowest BCUT2D eigenvalue weighted by Crippen LogP contribution is -2.19. The molecule has 1 aromatic rings. The molecule has 1 nitrogen and oxygen atoms in total. The monoisotopic (exact) mass is 221 g/mol. The maximum atomic E-state index is 13.1. The van der Waals surface area contributed by atoms with Gasteiger partial charge < -0.3 is 5.73 Å². The van der Waals surface area contributed by atoms with Crippen molar-refractivity contribution in [2.24, 2.45) is 11.7 Å². The summed E-state index contributed by atoms with van der Waals surface area (Å²) < 4.78 is 26.3. The molecule has 1 atom stereocenters. The largest absolute Gasteiger partial charge is 0.324 e. The molecule has 0 saturated heterocycles. The van der Waals surface area contributed by atoms with Gasteiger partial charge in [-0.1, -0.05) is 19.9 Å². The molecule has 0 heterocycles. The van der Waals surface area contributed by atoms with E-state index in [1.54, 1.807) is 0 Å². The molecule has 0 amide bonds. The summed E-state index contributed by atoms with van der Waals surface area (Å²) >= 11 is 0. The van der Waals surface area contributed by atoms with E-state index < -0.39 is 17.7 Å². The fourth-order valence-electron chi connectivity index (χ4n) is 1.16. The van der Waals surface area contributed by atoms with E-state index in [-0.39, 0.29) is 23.9 Å². The molecule has 0 fully saturated rings. The fourth-order valence-corrected chi connectivity index (χ4v) is 1.16. The molecule has 0 radical (unpaired) electrons. The summed E-state index contributed by atoms with van der Waals surface area (Å²) in [6.07, 6.45) is 0. The van der Waals surface area contributed by atoms with Crippen LogP contribution >= 0.6 is 12.4 Å². The van der Waals surface area contributed by atoms with Crippen molar-refractivity contribution in [3.8, 4) is 0 Å². The van der Waals surface area contributed by atoms with Crippen molar-refractivity contribution < 1.29 is 8.78 Å². The molecular weight excluding hydrogens is 208 g/mol. The van der Waals surface area contributed by atoms with Gasteiger partial charge in [-0.05, 0) is 18.1 Å². The lowest BCUT2D eigenvalue weighted by atomic mass is 9.96. The molecule has 0 aliphatic rings. The van der Waals surface area contributed by atoms with Crippen LogP contribution in [0.5, 0.6) is 0 Å². The van der Waals surface area contributed by atoms with Crippen molar-refractivity contribution in [1.82, 2.24) is 0 Å². The summed E-state index contributed by atoms with van der Waals surface area (Å²) in [4.78, 5) is 0. The molecule has 1 rings (SSSR count). The molecule has 1 unspecified atom stereocenters. The van der Waals surface area contributed by atoms with E-state index >= 15 is 0 Å². The topological polar surface area (TPSA) is 26.0 Å². The molecule has 4 heteroatoms. The van der Waals surface area contributed by atoms with Crippen molar-refractivity contribution >= 4 is 12.4 Å². The third kappa shape index (κ3) is 2.66. The van der Waals surface area contributed by atoms with Gasteiger partial charge in [0, 0.05) is 11.6 Å². The predicted molar refractivity (Wildman–Crippen MR) is 55.4 cm³/mol. The number of hydrogen-bond acceptors (Lipinski definition) is 1. The maximum absolute atomic E-state index is 13.1. The summed E-state index contributed by atoms with van der Waals surface area (Å²) in [6.45, 7) is 3.66. The highest BCUT2D eigenvalue weighted by Gasteiger charge is 2.18. The first kappa shape index (κ1) is 13.3. The number of rotatable bonds is 2. The zero-order valence-corrected chi connectivity index (χ0v) is 8.94. The van der Waals surface area contributed by atoms with Crippen LogP contribution in [0.15, 0.2) is 18.2 Å². The zero-order chi connectivity index (χ0) is 10.0. The zero-order valence-electron chi connectivity index (χ0n) is 8.13. The molecule has 2 N–H and O–H groups in total. The van der Waals surface area contributed by atoms with Crippen molar-refractivity contribution in [3.63, 3.8) is 0 Å². The maximum Gasteiger partial charge on any atom is 0.130 e. The number of hydrogen-bond donors (Lipinski definition) is 1. The van der Waals surface area contributed by atoms with Crippen molar-refractivity contribution in [2.75, 3.05) is 0 Å². The number of benzene rings is 1. The van der Waals surface area contributed by atoms with E-state index in [9.17, 15) is 8.78 Å². The molecule has 80 valence electrons. The molecule has 0 aromatic heterocycles. The Balaban J connectivity index is 0.00000169. The Labute approximate surface area is 88.7 Å². The van der Waals surface area contributed by atoms with Gasteiger partial charge in [-0.25, -0.2) is 8.78 Å². The highest BCUT2D eigenvalue weighted by Crippen LogP contribution is 2.24. The Morgan fingerprint density at radius 3 is 1.93 bits per heavy atom. The predicted octanol–water partition coefficient (Wildman–Crippen LogP) is 3.04. The van der Waals surface area contributed by atoms with E-state index in [0.717, 1.165) is 0 Å². The molecule has 0 aliphatic heterocycles. The smallest absolute Gasteiger partial charge is 0.130 e. The Morgan fingerprint density at radius 1 is 1.14 bits per heavy atom. The number of nitrogens with two attached hydrogens (primary N) is 1. The van der Waals surface area contributed by atoms with Crippen LogP contribution in [-0.2, 0) is 0 Å². The van der Waals surface area contributed by atoms with Crippen LogP contribution in [0.3, 0.4) is 0 Å². The second kappa shape index (κ2) is 5.27. The van der Waals surface area contributed by atoms with Gasteiger partial charge in [0.1, 0.15) is 11.6 Å². The van der Waals surface area contributed by atoms with E-state index in [1.807, 2.05) is 13.8 Å².